The lowest BCUT2D eigenvalue weighted by Crippen LogP contribution is -2.21. The Morgan fingerprint density at radius 1 is 1.35 bits per heavy atom. The predicted octanol–water partition coefficient (Wildman–Crippen LogP) is 2.98. The van der Waals surface area contributed by atoms with Crippen molar-refractivity contribution in [2.24, 2.45) is 5.92 Å². The van der Waals surface area contributed by atoms with E-state index in [0.717, 1.165) is 18.6 Å². The molecule has 2 unspecified atom stereocenters. The fourth-order valence-electron chi connectivity index (χ4n) is 2.19. The molecule has 1 aromatic heterocycles. The van der Waals surface area contributed by atoms with Gasteiger partial charge >= 0.3 is 6.18 Å². The summed E-state index contributed by atoms with van der Waals surface area (Å²) < 4.78 is 43.8. The average molecular weight is 289 g/mol. The maximum atomic E-state index is 12.8. The predicted molar refractivity (Wildman–Crippen MR) is 70.8 cm³/mol. The van der Waals surface area contributed by atoms with Crippen molar-refractivity contribution in [1.29, 1.82) is 0 Å². The number of nitrogens with zero attached hydrogens (tertiary/aromatic N) is 1. The van der Waals surface area contributed by atoms with Gasteiger partial charge in [0.2, 0.25) is 0 Å². The number of nitrogens with one attached hydrogen (secondary N) is 2. The van der Waals surface area contributed by atoms with Gasteiger partial charge < -0.3 is 15.4 Å². The van der Waals surface area contributed by atoms with Gasteiger partial charge in [-0.2, -0.15) is 13.2 Å². The summed E-state index contributed by atoms with van der Waals surface area (Å²) in [5, 5.41) is 5.61. The van der Waals surface area contributed by atoms with E-state index in [1.165, 1.54) is 0 Å². The van der Waals surface area contributed by atoms with Gasteiger partial charge in [0.25, 0.3) is 0 Å². The Hall–Kier alpha value is -1.50. The quantitative estimate of drug-likeness (QED) is 0.894. The summed E-state index contributed by atoms with van der Waals surface area (Å²) in [6, 6.07) is 2.02. The number of ether oxygens (including phenoxy) is 1. The summed E-state index contributed by atoms with van der Waals surface area (Å²) in [6.07, 6.45) is -3.35. The lowest BCUT2D eigenvalue weighted by Gasteiger charge is -2.17. The highest BCUT2D eigenvalue weighted by atomic mass is 19.4. The van der Waals surface area contributed by atoms with Crippen LogP contribution in [0.25, 0.3) is 0 Å². The van der Waals surface area contributed by atoms with E-state index in [0.29, 0.717) is 19.1 Å². The molecular formula is C13H18F3N3O. The zero-order valence-electron chi connectivity index (χ0n) is 11.4. The maximum Gasteiger partial charge on any atom is 0.416 e. The minimum atomic E-state index is -4.38. The molecule has 20 heavy (non-hydrogen) atoms. The zero-order chi connectivity index (χ0) is 14.8. The largest absolute Gasteiger partial charge is 0.416 e. The first-order valence-corrected chi connectivity index (χ1v) is 6.52. The smallest absolute Gasteiger partial charge is 0.378 e. The van der Waals surface area contributed by atoms with Crippen molar-refractivity contribution in [3.8, 4) is 0 Å². The summed E-state index contributed by atoms with van der Waals surface area (Å²) in [6.45, 7) is 3.22. The lowest BCUT2D eigenvalue weighted by molar-refractivity contribution is -0.137. The van der Waals surface area contributed by atoms with Gasteiger partial charge in [0, 0.05) is 26.1 Å². The molecule has 1 aliphatic rings. The minimum Gasteiger partial charge on any atom is -0.378 e. The molecule has 0 spiro atoms. The molecule has 2 rings (SSSR count). The number of anilines is 2. The van der Waals surface area contributed by atoms with Gasteiger partial charge in [0.05, 0.1) is 11.7 Å². The van der Waals surface area contributed by atoms with Crippen LogP contribution in [0.3, 0.4) is 0 Å². The topological polar surface area (TPSA) is 46.2 Å². The Labute approximate surface area is 115 Å². The third-order valence-corrected chi connectivity index (χ3v) is 3.49. The molecule has 0 amide bonds. The summed E-state index contributed by atoms with van der Waals surface area (Å²) in [4.78, 5) is 4.09. The molecule has 4 nitrogen and oxygen atoms in total. The first-order valence-electron chi connectivity index (χ1n) is 6.52. The van der Waals surface area contributed by atoms with Gasteiger partial charge in [0.1, 0.15) is 11.6 Å². The van der Waals surface area contributed by atoms with Gasteiger partial charge in [-0.05, 0) is 25.5 Å². The van der Waals surface area contributed by atoms with E-state index in [1.54, 1.807) is 7.05 Å². The molecule has 2 heterocycles. The Balaban J connectivity index is 2.10. The van der Waals surface area contributed by atoms with Gasteiger partial charge in [-0.15, -0.1) is 0 Å². The molecule has 0 radical (unpaired) electrons. The lowest BCUT2D eigenvalue weighted by atomic mass is 10.0. The highest BCUT2D eigenvalue weighted by Crippen LogP contribution is 2.32. The van der Waals surface area contributed by atoms with Crippen molar-refractivity contribution in [3.05, 3.63) is 17.7 Å². The van der Waals surface area contributed by atoms with Crippen LogP contribution in [0.4, 0.5) is 24.8 Å². The van der Waals surface area contributed by atoms with E-state index in [1.807, 2.05) is 6.92 Å². The van der Waals surface area contributed by atoms with Crippen LogP contribution in [-0.4, -0.2) is 31.3 Å². The monoisotopic (exact) mass is 289 g/mol. The number of alkyl halides is 3. The Kier molecular flexibility index (Phi) is 4.37. The number of halogens is 3. The number of rotatable bonds is 4. The highest BCUT2D eigenvalue weighted by Gasteiger charge is 2.32. The van der Waals surface area contributed by atoms with Crippen LogP contribution in [0, 0.1) is 5.92 Å². The van der Waals surface area contributed by atoms with Crippen LogP contribution in [0.1, 0.15) is 18.9 Å². The Bertz CT molecular complexity index is 465. The molecule has 7 heteroatoms. The number of pyridine rings is 1. The molecule has 2 atom stereocenters. The van der Waals surface area contributed by atoms with Crippen LogP contribution in [0.15, 0.2) is 12.1 Å². The Morgan fingerprint density at radius 2 is 2.05 bits per heavy atom. The summed E-state index contributed by atoms with van der Waals surface area (Å²) in [5.41, 5.74) is -0.713. The van der Waals surface area contributed by atoms with E-state index in [2.05, 4.69) is 15.6 Å². The molecule has 1 aliphatic heterocycles. The number of aromatic nitrogens is 1. The normalized spacial score (nSPS) is 22.9. The first kappa shape index (κ1) is 14.9. The molecule has 1 fully saturated rings. The molecule has 2 N–H and O–H groups in total. The summed E-state index contributed by atoms with van der Waals surface area (Å²) in [7, 11) is 1.54. The third-order valence-electron chi connectivity index (χ3n) is 3.49. The first-order chi connectivity index (χ1) is 9.40. The fraction of sp³-hybridized carbons (Fsp3) is 0.615. The van der Waals surface area contributed by atoms with Crippen molar-refractivity contribution in [3.63, 3.8) is 0 Å². The number of hydrogen-bond donors (Lipinski definition) is 2. The molecule has 0 bridgehead atoms. The summed E-state index contributed by atoms with van der Waals surface area (Å²) in [5.74, 6) is 0.714. The second-order valence-corrected chi connectivity index (χ2v) is 4.88. The van der Waals surface area contributed by atoms with Crippen molar-refractivity contribution in [2.75, 3.05) is 30.8 Å². The average Bonchev–Trinajstić information content (AvgIpc) is 2.80. The van der Waals surface area contributed by atoms with Gasteiger partial charge in [-0.1, -0.05) is 0 Å². The standard InChI is InChI=1S/C13H18F3N3O/c1-8-9(3-4-20-8)7-18-12-6-10(13(14,15)16)5-11(17-2)19-12/h5-6,8-9H,3-4,7H2,1-2H3,(H2,17,18,19). The van der Waals surface area contributed by atoms with Crippen LogP contribution in [-0.2, 0) is 10.9 Å². The number of hydrogen-bond acceptors (Lipinski definition) is 4. The summed E-state index contributed by atoms with van der Waals surface area (Å²) >= 11 is 0. The van der Waals surface area contributed by atoms with Crippen LogP contribution in [0.2, 0.25) is 0 Å². The second kappa shape index (κ2) is 5.87. The van der Waals surface area contributed by atoms with Crippen LogP contribution >= 0.6 is 0 Å². The van der Waals surface area contributed by atoms with E-state index >= 15 is 0 Å². The molecule has 0 aromatic carbocycles. The van der Waals surface area contributed by atoms with Gasteiger partial charge in [0.15, 0.2) is 0 Å². The maximum absolute atomic E-state index is 12.8. The van der Waals surface area contributed by atoms with Crippen molar-refractivity contribution in [1.82, 2.24) is 4.98 Å². The van der Waals surface area contributed by atoms with Crippen molar-refractivity contribution in [2.45, 2.75) is 25.6 Å². The van der Waals surface area contributed by atoms with Gasteiger partial charge in [-0.3, -0.25) is 0 Å². The van der Waals surface area contributed by atoms with E-state index in [9.17, 15) is 13.2 Å². The molecule has 0 saturated carbocycles. The van der Waals surface area contributed by atoms with E-state index in [4.69, 9.17) is 4.74 Å². The molecule has 112 valence electrons. The zero-order valence-corrected chi connectivity index (χ0v) is 11.4. The Morgan fingerprint density at radius 3 is 2.60 bits per heavy atom. The van der Waals surface area contributed by atoms with Crippen LogP contribution < -0.4 is 10.6 Å². The minimum absolute atomic E-state index is 0.122. The fourth-order valence-corrected chi connectivity index (χ4v) is 2.19. The SMILES string of the molecule is CNc1cc(C(F)(F)F)cc(NCC2CCOC2C)n1. The highest BCUT2D eigenvalue weighted by molar-refractivity contribution is 5.49. The van der Waals surface area contributed by atoms with Crippen molar-refractivity contribution >= 4 is 11.6 Å². The second-order valence-electron chi connectivity index (χ2n) is 4.88. The molecule has 1 saturated heterocycles. The van der Waals surface area contributed by atoms with Crippen molar-refractivity contribution < 1.29 is 17.9 Å². The van der Waals surface area contributed by atoms with Crippen LogP contribution in [0.5, 0.6) is 0 Å². The third kappa shape index (κ3) is 3.53. The van der Waals surface area contributed by atoms with Gasteiger partial charge in [-0.25, -0.2) is 4.98 Å². The molecule has 0 aliphatic carbocycles. The van der Waals surface area contributed by atoms with E-state index in [-0.39, 0.29) is 17.7 Å². The molecule has 1 aromatic rings. The van der Waals surface area contributed by atoms with E-state index < -0.39 is 11.7 Å². The molecular weight excluding hydrogens is 271 g/mol.